The second-order valence-electron chi connectivity index (χ2n) is 3.38. The zero-order valence-corrected chi connectivity index (χ0v) is 9.21. The topological polar surface area (TPSA) is 15.3 Å². The highest BCUT2D eigenvalue weighted by Gasteiger charge is 2.30. The molecule has 1 unspecified atom stereocenters. The van der Waals surface area contributed by atoms with E-state index in [1.54, 1.807) is 25.7 Å². The van der Waals surface area contributed by atoms with E-state index in [2.05, 4.69) is 5.09 Å². The second-order valence-corrected chi connectivity index (χ2v) is 6.18. The highest BCUT2D eigenvalue weighted by molar-refractivity contribution is 6.82. The quantitative estimate of drug-likeness (QED) is 0.443. The van der Waals surface area contributed by atoms with Crippen molar-refractivity contribution in [2.24, 2.45) is 0 Å². The standard InChI is InChI=1S/C9H15FN2Si/c1-12(2)11-13(3,10)9-7-5-4-6-8-9/h4-8,11H,1-3H3. The largest absolute Gasteiger partial charge is 0.361 e. The first kappa shape index (κ1) is 10.4. The molecular weight excluding hydrogens is 183 g/mol. The number of rotatable bonds is 3. The van der Waals surface area contributed by atoms with Crippen molar-refractivity contribution in [1.29, 1.82) is 0 Å². The first-order valence-corrected chi connectivity index (χ1v) is 6.60. The number of nitrogens with one attached hydrogen (secondary N) is 1. The van der Waals surface area contributed by atoms with Crippen LogP contribution >= 0.6 is 0 Å². The lowest BCUT2D eigenvalue weighted by atomic mass is 10.4. The van der Waals surface area contributed by atoms with Gasteiger partial charge in [0.25, 0.3) is 0 Å². The van der Waals surface area contributed by atoms with Crippen LogP contribution in [-0.4, -0.2) is 27.7 Å². The molecular formula is C9H15FN2Si. The minimum atomic E-state index is -2.97. The lowest BCUT2D eigenvalue weighted by molar-refractivity contribution is 0.351. The van der Waals surface area contributed by atoms with Gasteiger partial charge in [-0.2, -0.15) is 0 Å². The highest BCUT2D eigenvalue weighted by atomic mass is 28.4. The van der Waals surface area contributed by atoms with E-state index >= 15 is 0 Å². The fraction of sp³-hybridized carbons (Fsp3) is 0.333. The van der Waals surface area contributed by atoms with E-state index in [0.717, 1.165) is 5.19 Å². The van der Waals surface area contributed by atoms with Gasteiger partial charge in [0, 0.05) is 14.1 Å². The Morgan fingerprint density at radius 2 is 1.77 bits per heavy atom. The Bertz CT molecular complexity index is 262. The van der Waals surface area contributed by atoms with E-state index in [4.69, 9.17) is 0 Å². The Morgan fingerprint density at radius 3 is 2.23 bits per heavy atom. The number of hydrazine groups is 1. The van der Waals surface area contributed by atoms with Gasteiger partial charge >= 0.3 is 8.57 Å². The number of benzene rings is 1. The van der Waals surface area contributed by atoms with Crippen LogP contribution < -0.4 is 10.3 Å². The molecule has 1 aromatic rings. The molecule has 0 aromatic heterocycles. The zero-order chi connectivity index (χ0) is 9.90. The van der Waals surface area contributed by atoms with Gasteiger partial charge in [0.1, 0.15) is 0 Å². The van der Waals surface area contributed by atoms with Crippen LogP contribution in [0.15, 0.2) is 30.3 Å². The van der Waals surface area contributed by atoms with Crippen LogP contribution in [-0.2, 0) is 0 Å². The van der Waals surface area contributed by atoms with E-state index < -0.39 is 8.57 Å². The predicted molar refractivity (Wildman–Crippen MR) is 55.6 cm³/mol. The first-order chi connectivity index (χ1) is 6.02. The smallest absolute Gasteiger partial charge is 0.286 e. The van der Waals surface area contributed by atoms with Gasteiger partial charge in [-0.3, -0.25) is 9.12 Å². The predicted octanol–water partition coefficient (Wildman–Crippen LogP) is 1.00. The molecule has 0 amide bonds. The maximum absolute atomic E-state index is 14.1. The molecule has 0 aliphatic carbocycles. The number of halogens is 1. The van der Waals surface area contributed by atoms with Crippen LogP contribution in [0.3, 0.4) is 0 Å². The second kappa shape index (κ2) is 4.00. The molecule has 0 saturated heterocycles. The van der Waals surface area contributed by atoms with E-state index in [1.165, 1.54) is 0 Å². The van der Waals surface area contributed by atoms with Gasteiger partial charge in [-0.1, -0.05) is 30.3 Å². The van der Waals surface area contributed by atoms with Crippen molar-refractivity contribution in [3.63, 3.8) is 0 Å². The molecule has 0 bridgehead atoms. The Labute approximate surface area is 79.6 Å². The van der Waals surface area contributed by atoms with Gasteiger partial charge < -0.3 is 0 Å². The monoisotopic (exact) mass is 198 g/mol. The minimum Gasteiger partial charge on any atom is -0.286 e. The SMILES string of the molecule is CN(C)N[Si](C)(F)c1ccccc1. The van der Waals surface area contributed by atoms with Crippen molar-refractivity contribution < 1.29 is 4.11 Å². The van der Waals surface area contributed by atoms with Crippen LogP contribution in [0.2, 0.25) is 6.55 Å². The van der Waals surface area contributed by atoms with Crippen LogP contribution in [0.5, 0.6) is 0 Å². The fourth-order valence-corrected chi connectivity index (χ4v) is 3.02. The molecule has 0 spiro atoms. The molecule has 4 heteroatoms. The average Bonchev–Trinajstić information content (AvgIpc) is 2.04. The molecule has 0 radical (unpaired) electrons. The summed E-state index contributed by atoms with van der Waals surface area (Å²) >= 11 is 0. The van der Waals surface area contributed by atoms with Crippen molar-refractivity contribution in [2.75, 3.05) is 14.1 Å². The normalized spacial score (nSPS) is 15.8. The highest BCUT2D eigenvalue weighted by Crippen LogP contribution is 2.00. The molecule has 2 nitrogen and oxygen atoms in total. The molecule has 1 N–H and O–H groups in total. The van der Waals surface area contributed by atoms with Gasteiger partial charge in [-0.25, -0.2) is 5.09 Å². The Balaban J connectivity index is 2.81. The van der Waals surface area contributed by atoms with Crippen LogP contribution in [0.4, 0.5) is 4.11 Å². The summed E-state index contributed by atoms with van der Waals surface area (Å²) in [4.78, 5) is 0. The maximum atomic E-state index is 14.1. The van der Waals surface area contributed by atoms with Crippen molar-refractivity contribution in [3.8, 4) is 0 Å². The summed E-state index contributed by atoms with van der Waals surface area (Å²) in [7, 11) is 0.632. The molecule has 1 rings (SSSR count). The van der Waals surface area contributed by atoms with Crippen LogP contribution in [0, 0.1) is 0 Å². The van der Waals surface area contributed by atoms with E-state index in [9.17, 15) is 4.11 Å². The summed E-state index contributed by atoms with van der Waals surface area (Å²) in [6, 6.07) is 9.25. The average molecular weight is 198 g/mol. The van der Waals surface area contributed by atoms with Crippen molar-refractivity contribution >= 4 is 13.8 Å². The third-order valence-corrected chi connectivity index (χ3v) is 4.03. The summed E-state index contributed by atoms with van der Waals surface area (Å²) in [5.74, 6) is 0. The maximum Gasteiger partial charge on any atom is 0.361 e. The van der Waals surface area contributed by atoms with Gasteiger partial charge in [0.2, 0.25) is 0 Å². The molecule has 0 saturated carbocycles. The van der Waals surface area contributed by atoms with Gasteiger partial charge in [0.05, 0.1) is 0 Å². The van der Waals surface area contributed by atoms with E-state index in [0.29, 0.717) is 0 Å². The Hall–Kier alpha value is -0.713. The van der Waals surface area contributed by atoms with Crippen molar-refractivity contribution in [3.05, 3.63) is 30.3 Å². The van der Waals surface area contributed by atoms with E-state index in [1.807, 2.05) is 30.3 Å². The summed E-state index contributed by atoms with van der Waals surface area (Å²) in [6.07, 6.45) is 0. The van der Waals surface area contributed by atoms with E-state index in [-0.39, 0.29) is 0 Å². The summed E-state index contributed by atoms with van der Waals surface area (Å²) in [5, 5.41) is 5.27. The molecule has 0 heterocycles. The van der Waals surface area contributed by atoms with Crippen LogP contribution in [0.1, 0.15) is 0 Å². The molecule has 0 fully saturated rings. The van der Waals surface area contributed by atoms with Gasteiger partial charge in [0.15, 0.2) is 0 Å². The van der Waals surface area contributed by atoms with Gasteiger partial charge in [-0.15, -0.1) is 0 Å². The van der Waals surface area contributed by atoms with Crippen molar-refractivity contribution in [1.82, 2.24) is 10.1 Å². The molecule has 72 valence electrons. The van der Waals surface area contributed by atoms with Crippen molar-refractivity contribution in [2.45, 2.75) is 6.55 Å². The Morgan fingerprint density at radius 1 is 1.23 bits per heavy atom. The number of hydrogen-bond acceptors (Lipinski definition) is 2. The fourth-order valence-electron chi connectivity index (χ4n) is 1.24. The number of nitrogens with zero attached hydrogens (tertiary/aromatic N) is 1. The summed E-state index contributed by atoms with van der Waals surface area (Å²) in [6.45, 7) is 1.64. The molecule has 1 atom stereocenters. The molecule has 0 aliphatic rings. The summed E-state index contributed by atoms with van der Waals surface area (Å²) < 4.78 is 14.1. The van der Waals surface area contributed by atoms with Gasteiger partial charge in [-0.05, 0) is 11.7 Å². The molecule has 0 aliphatic heterocycles. The third kappa shape index (κ3) is 2.91. The Kier molecular flexibility index (Phi) is 3.19. The molecule has 1 aromatic carbocycles. The summed E-state index contributed by atoms with van der Waals surface area (Å²) in [5.41, 5.74) is 0. The minimum absolute atomic E-state index is 0.767. The molecule has 13 heavy (non-hydrogen) atoms. The lowest BCUT2D eigenvalue weighted by Gasteiger charge is -2.23. The van der Waals surface area contributed by atoms with Crippen LogP contribution in [0.25, 0.3) is 0 Å². The first-order valence-electron chi connectivity index (χ1n) is 4.22. The third-order valence-electron chi connectivity index (χ3n) is 1.75. The lowest BCUT2D eigenvalue weighted by Crippen LogP contribution is -2.59. The number of hydrogen-bond donors (Lipinski definition) is 1. The zero-order valence-electron chi connectivity index (χ0n) is 8.21.